The zero-order valence-corrected chi connectivity index (χ0v) is 17.4. The maximum atomic E-state index is 12.1. The highest BCUT2D eigenvalue weighted by molar-refractivity contribution is 5.86. The lowest BCUT2D eigenvalue weighted by Gasteiger charge is -2.28. The summed E-state index contributed by atoms with van der Waals surface area (Å²) in [4.78, 5) is 13.4. The molecule has 0 fully saturated rings. The van der Waals surface area contributed by atoms with Gasteiger partial charge in [-0.25, -0.2) is 4.79 Å². The lowest BCUT2D eigenvalue weighted by molar-refractivity contribution is -0.945. The van der Waals surface area contributed by atoms with Crippen molar-refractivity contribution in [2.24, 2.45) is 0 Å². The highest BCUT2D eigenvalue weighted by Crippen LogP contribution is 2.34. The number of fused-ring (bicyclic) bond motifs is 3. The van der Waals surface area contributed by atoms with Crippen LogP contribution in [0.4, 0.5) is 0 Å². The zero-order chi connectivity index (χ0) is 20.7. The van der Waals surface area contributed by atoms with Gasteiger partial charge in [-0.2, -0.15) is 0 Å². The minimum absolute atomic E-state index is 0.286. The Morgan fingerprint density at radius 3 is 2.80 bits per heavy atom. The van der Waals surface area contributed by atoms with Crippen LogP contribution < -0.4 is 24.7 Å². The molecule has 6 nitrogen and oxygen atoms in total. The lowest BCUT2D eigenvalue weighted by Crippen LogP contribution is -3.10. The van der Waals surface area contributed by atoms with Gasteiger partial charge in [0, 0.05) is 28.1 Å². The van der Waals surface area contributed by atoms with Crippen LogP contribution in [0.2, 0.25) is 0 Å². The number of benzene rings is 2. The van der Waals surface area contributed by atoms with E-state index in [9.17, 15) is 4.79 Å². The summed E-state index contributed by atoms with van der Waals surface area (Å²) in [6.07, 6.45) is 3.01. The smallest absolute Gasteiger partial charge is 0.336 e. The molecule has 1 atom stereocenters. The topological polar surface area (TPSA) is 62.3 Å². The second kappa shape index (κ2) is 7.69. The molecule has 2 aliphatic heterocycles. The number of hydrogen-bond donors (Lipinski definition) is 1. The average molecular weight is 408 g/mol. The van der Waals surface area contributed by atoms with Crippen LogP contribution >= 0.6 is 0 Å². The molecule has 0 radical (unpaired) electrons. The highest BCUT2D eigenvalue weighted by atomic mass is 16.7. The monoisotopic (exact) mass is 408 g/mol. The van der Waals surface area contributed by atoms with E-state index in [2.05, 4.69) is 19.1 Å². The Morgan fingerprint density at radius 2 is 1.93 bits per heavy atom. The van der Waals surface area contributed by atoms with Gasteiger partial charge in [-0.3, -0.25) is 4.90 Å². The van der Waals surface area contributed by atoms with Crippen molar-refractivity contribution in [3.05, 3.63) is 63.0 Å². The second-order valence-electron chi connectivity index (χ2n) is 8.14. The van der Waals surface area contributed by atoms with Crippen LogP contribution in [0.25, 0.3) is 11.0 Å². The van der Waals surface area contributed by atoms with Crippen molar-refractivity contribution in [1.82, 2.24) is 0 Å². The van der Waals surface area contributed by atoms with Gasteiger partial charge in [0.1, 0.15) is 24.4 Å². The van der Waals surface area contributed by atoms with E-state index < -0.39 is 0 Å². The molecular weight excluding hydrogens is 382 g/mol. The van der Waals surface area contributed by atoms with Crippen LogP contribution in [0.5, 0.6) is 17.2 Å². The van der Waals surface area contributed by atoms with Gasteiger partial charge in [-0.1, -0.05) is 13.3 Å². The Bertz CT molecular complexity index is 1170. The van der Waals surface area contributed by atoms with Gasteiger partial charge >= 0.3 is 5.63 Å². The van der Waals surface area contributed by atoms with Crippen LogP contribution in [0.3, 0.4) is 0 Å². The van der Waals surface area contributed by atoms with Gasteiger partial charge < -0.3 is 18.6 Å². The largest absolute Gasteiger partial charge is 0.454 e. The molecule has 0 spiro atoms. The van der Waals surface area contributed by atoms with Gasteiger partial charge in [0.15, 0.2) is 11.5 Å². The van der Waals surface area contributed by atoms with E-state index in [-0.39, 0.29) is 12.4 Å². The van der Waals surface area contributed by atoms with Crippen molar-refractivity contribution in [3.8, 4) is 17.2 Å². The number of rotatable bonds is 5. The standard InChI is InChI=1S/C24H25NO5/c1-3-4-5-17-10-22(26)30-24-15(2)23-18(9-19(17)24)12-25(13-27-23)11-16-6-7-20-21(8-16)29-14-28-20/h6-10H,3-5,11-14H2,1-2H3/p+1. The molecule has 2 aliphatic rings. The molecule has 1 N–H and O–H groups in total. The van der Waals surface area contributed by atoms with Crippen LogP contribution in [-0.2, 0) is 19.5 Å². The molecule has 30 heavy (non-hydrogen) atoms. The van der Waals surface area contributed by atoms with Crippen molar-refractivity contribution in [2.75, 3.05) is 13.5 Å². The molecule has 6 heteroatoms. The fourth-order valence-electron chi connectivity index (χ4n) is 4.43. The molecule has 156 valence electrons. The van der Waals surface area contributed by atoms with E-state index in [0.29, 0.717) is 12.3 Å². The van der Waals surface area contributed by atoms with Gasteiger partial charge in [-0.15, -0.1) is 0 Å². The van der Waals surface area contributed by atoms with Crippen molar-refractivity contribution < 1.29 is 23.5 Å². The number of unbranched alkanes of at least 4 members (excludes halogenated alkanes) is 1. The minimum atomic E-state index is -0.289. The zero-order valence-electron chi connectivity index (χ0n) is 17.4. The van der Waals surface area contributed by atoms with Crippen LogP contribution in [0.15, 0.2) is 39.5 Å². The summed E-state index contributed by atoms with van der Waals surface area (Å²) < 4.78 is 22.6. The average Bonchev–Trinajstić information content (AvgIpc) is 3.21. The lowest BCUT2D eigenvalue weighted by atomic mass is 9.98. The normalized spacial score (nSPS) is 17.1. The predicted molar refractivity (Wildman–Crippen MR) is 112 cm³/mol. The van der Waals surface area contributed by atoms with Gasteiger partial charge in [0.2, 0.25) is 13.5 Å². The summed E-state index contributed by atoms with van der Waals surface area (Å²) in [7, 11) is 0. The first-order valence-corrected chi connectivity index (χ1v) is 10.6. The third-order valence-electron chi connectivity index (χ3n) is 5.93. The number of aryl methyl sites for hydroxylation is 2. The molecule has 3 heterocycles. The fourth-order valence-corrected chi connectivity index (χ4v) is 4.43. The highest BCUT2D eigenvalue weighted by Gasteiger charge is 2.26. The Morgan fingerprint density at radius 1 is 1.07 bits per heavy atom. The molecular formula is C24H26NO5+. The number of ether oxygens (including phenoxy) is 3. The Hall–Kier alpha value is -2.99. The fraction of sp³-hybridized carbons (Fsp3) is 0.375. The van der Waals surface area contributed by atoms with Crippen molar-refractivity contribution >= 4 is 11.0 Å². The van der Waals surface area contributed by atoms with E-state index in [0.717, 1.165) is 71.7 Å². The van der Waals surface area contributed by atoms with Gasteiger partial charge in [0.05, 0.1) is 0 Å². The van der Waals surface area contributed by atoms with Crippen LogP contribution in [-0.4, -0.2) is 13.5 Å². The molecule has 0 saturated heterocycles. The first kappa shape index (κ1) is 19.0. The summed E-state index contributed by atoms with van der Waals surface area (Å²) in [5.74, 6) is 2.47. The van der Waals surface area contributed by atoms with Crippen molar-refractivity contribution in [1.29, 1.82) is 0 Å². The Balaban J connectivity index is 1.46. The van der Waals surface area contributed by atoms with E-state index in [1.165, 1.54) is 10.5 Å². The molecule has 0 aliphatic carbocycles. The second-order valence-corrected chi connectivity index (χ2v) is 8.14. The molecule has 0 bridgehead atoms. The number of quaternary nitrogens is 1. The molecule has 0 saturated carbocycles. The van der Waals surface area contributed by atoms with Gasteiger partial charge in [-0.05, 0) is 49.6 Å². The molecule has 1 aromatic heterocycles. The minimum Gasteiger partial charge on any atom is -0.454 e. The molecule has 3 aromatic rings. The first-order valence-electron chi connectivity index (χ1n) is 10.6. The van der Waals surface area contributed by atoms with E-state index in [4.69, 9.17) is 18.6 Å². The van der Waals surface area contributed by atoms with Crippen molar-refractivity contribution in [3.63, 3.8) is 0 Å². The maximum Gasteiger partial charge on any atom is 0.336 e. The Labute approximate surface area is 175 Å². The maximum absolute atomic E-state index is 12.1. The Kier molecular flexibility index (Phi) is 4.87. The van der Waals surface area contributed by atoms with E-state index >= 15 is 0 Å². The van der Waals surface area contributed by atoms with Gasteiger partial charge in [0.25, 0.3) is 0 Å². The first-order chi connectivity index (χ1) is 14.6. The predicted octanol–water partition coefficient (Wildman–Crippen LogP) is 3.11. The molecule has 2 aromatic carbocycles. The summed E-state index contributed by atoms with van der Waals surface area (Å²) in [6, 6.07) is 9.90. The van der Waals surface area contributed by atoms with E-state index in [1.807, 2.05) is 19.1 Å². The number of nitrogens with one attached hydrogen (secondary N) is 1. The summed E-state index contributed by atoms with van der Waals surface area (Å²) in [5.41, 5.74) is 4.70. The van der Waals surface area contributed by atoms with Crippen LogP contribution in [0, 0.1) is 6.92 Å². The summed E-state index contributed by atoms with van der Waals surface area (Å²) in [5, 5.41) is 1.03. The number of hydrogen-bond acceptors (Lipinski definition) is 5. The molecule has 1 unspecified atom stereocenters. The third kappa shape index (κ3) is 3.41. The SMILES string of the molecule is CCCCc1cc(=O)oc2c(C)c3c(cc12)C[NH+](Cc1ccc2c(c1)OCO2)CO3. The summed E-state index contributed by atoms with van der Waals surface area (Å²) >= 11 is 0. The summed E-state index contributed by atoms with van der Waals surface area (Å²) in [6.45, 7) is 6.68. The van der Waals surface area contributed by atoms with Crippen LogP contribution in [0.1, 0.15) is 42.0 Å². The molecule has 0 amide bonds. The quantitative estimate of drug-likeness (QED) is 0.658. The molecule has 5 rings (SSSR count). The third-order valence-corrected chi connectivity index (χ3v) is 5.93. The van der Waals surface area contributed by atoms with Crippen molar-refractivity contribution in [2.45, 2.75) is 46.2 Å². The van der Waals surface area contributed by atoms with E-state index in [1.54, 1.807) is 6.07 Å².